The van der Waals surface area contributed by atoms with Crippen molar-refractivity contribution in [3.05, 3.63) is 77.2 Å². The molecule has 29 heavy (non-hydrogen) atoms. The lowest BCUT2D eigenvalue weighted by atomic mass is 10.1. The first-order valence-corrected chi connectivity index (χ1v) is 9.08. The van der Waals surface area contributed by atoms with Gasteiger partial charge in [-0.3, -0.25) is 9.59 Å². The van der Waals surface area contributed by atoms with Crippen molar-refractivity contribution in [3.8, 4) is 17.2 Å². The maximum atomic E-state index is 12.3. The second-order valence-electron chi connectivity index (χ2n) is 6.51. The van der Waals surface area contributed by atoms with E-state index in [-0.39, 0.29) is 30.9 Å². The fraction of sp³-hybridized carbons (Fsp3) is 0.182. The van der Waals surface area contributed by atoms with Gasteiger partial charge in [0.05, 0.1) is 0 Å². The van der Waals surface area contributed by atoms with E-state index in [9.17, 15) is 9.59 Å². The number of hydrogen-bond acceptors (Lipinski definition) is 6. The molecule has 0 bridgehead atoms. The van der Waals surface area contributed by atoms with Gasteiger partial charge in [0.2, 0.25) is 6.79 Å². The third kappa shape index (κ3) is 4.40. The first-order chi connectivity index (χ1) is 14.1. The summed E-state index contributed by atoms with van der Waals surface area (Å²) in [5.41, 5.74) is 1.52. The molecule has 1 N–H and O–H groups in total. The Labute approximate surface area is 167 Å². The van der Waals surface area contributed by atoms with Crippen LogP contribution in [0.1, 0.15) is 39.2 Å². The van der Waals surface area contributed by atoms with Gasteiger partial charge in [0.1, 0.15) is 18.1 Å². The zero-order valence-corrected chi connectivity index (χ0v) is 15.8. The van der Waals surface area contributed by atoms with Gasteiger partial charge in [-0.2, -0.15) is 0 Å². The summed E-state index contributed by atoms with van der Waals surface area (Å²) in [6.45, 7) is 2.24. The van der Waals surface area contributed by atoms with Crippen LogP contribution in [0.5, 0.6) is 17.2 Å². The summed E-state index contributed by atoms with van der Waals surface area (Å²) in [6.07, 6.45) is 0. The normalized spacial score (nSPS) is 11.9. The van der Waals surface area contributed by atoms with Crippen molar-refractivity contribution in [1.82, 2.24) is 5.32 Å². The van der Waals surface area contributed by atoms with Crippen molar-refractivity contribution in [3.63, 3.8) is 0 Å². The second kappa shape index (κ2) is 8.10. The van der Waals surface area contributed by atoms with Crippen LogP contribution in [0.25, 0.3) is 0 Å². The Balaban J connectivity index is 1.30. The van der Waals surface area contributed by atoms with Gasteiger partial charge >= 0.3 is 0 Å². The quantitative estimate of drug-likeness (QED) is 0.616. The average Bonchev–Trinajstić information content (AvgIpc) is 3.39. The highest BCUT2D eigenvalue weighted by Crippen LogP contribution is 2.32. The van der Waals surface area contributed by atoms with E-state index in [0.717, 1.165) is 5.56 Å². The van der Waals surface area contributed by atoms with Crippen LogP contribution in [0.4, 0.5) is 0 Å². The second-order valence-corrected chi connectivity index (χ2v) is 6.51. The first-order valence-electron chi connectivity index (χ1n) is 9.08. The van der Waals surface area contributed by atoms with Crippen LogP contribution < -0.4 is 19.5 Å². The van der Waals surface area contributed by atoms with E-state index in [1.165, 1.54) is 6.92 Å². The minimum absolute atomic E-state index is 0.000938. The minimum Gasteiger partial charge on any atom is -0.486 e. The highest BCUT2D eigenvalue weighted by molar-refractivity contribution is 5.94. The third-order valence-electron chi connectivity index (χ3n) is 4.42. The van der Waals surface area contributed by atoms with E-state index < -0.39 is 0 Å². The molecule has 0 atom stereocenters. The molecule has 4 rings (SSSR count). The number of carbonyl (C=O) groups excluding carboxylic acids is 2. The molecule has 2 heterocycles. The van der Waals surface area contributed by atoms with E-state index in [4.69, 9.17) is 18.6 Å². The van der Waals surface area contributed by atoms with Gasteiger partial charge in [-0.15, -0.1) is 0 Å². The largest absolute Gasteiger partial charge is 0.486 e. The number of ether oxygens (including phenoxy) is 3. The molecule has 0 fully saturated rings. The van der Waals surface area contributed by atoms with Gasteiger partial charge in [0, 0.05) is 12.1 Å². The van der Waals surface area contributed by atoms with Crippen LogP contribution in [0.15, 0.2) is 59.0 Å². The van der Waals surface area contributed by atoms with E-state index >= 15 is 0 Å². The Morgan fingerprint density at radius 3 is 2.59 bits per heavy atom. The zero-order chi connectivity index (χ0) is 20.2. The Hall–Kier alpha value is -3.74. The van der Waals surface area contributed by atoms with Crippen LogP contribution in [-0.2, 0) is 13.2 Å². The lowest BCUT2D eigenvalue weighted by Gasteiger charge is -2.06. The van der Waals surface area contributed by atoms with E-state index in [1.54, 1.807) is 36.4 Å². The van der Waals surface area contributed by atoms with Gasteiger partial charge in [-0.25, -0.2) is 0 Å². The maximum absolute atomic E-state index is 12.3. The lowest BCUT2D eigenvalue weighted by molar-refractivity contribution is 0.0918. The van der Waals surface area contributed by atoms with Crippen molar-refractivity contribution >= 4 is 11.7 Å². The predicted molar refractivity (Wildman–Crippen MR) is 103 cm³/mol. The number of rotatable bonds is 7. The van der Waals surface area contributed by atoms with Gasteiger partial charge in [-0.05, 0) is 61.0 Å². The summed E-state index contributed by atoms with van der Waals surface area (Å²) >= 11 is 0. The molecule has 0 aliphatic carbocycles. The van der Waals surface area contributed by atoms with Crippen LogP contribution in [0.2, 0.25) is 0 Å². The fourth-order valence-corrected chi connectivity index (χ4v) is 2.84. The van der Waals surface area contributed by atoms with Crippen molar-refractivity contribution in [2.75, 3.05) is 6.79 Å². The molecule has 7 nitrogen and oxygen atoms in total. The van der Waals surface area contributed by atoms with Gasteiger partial charge in [0.25, 0.3) is 5.91 Å². The summed E-state index contributed by atoms with van der Waals surface area (Å²) in [5, 5.41) is 2.81. The molecule has 0 radical (unpaired) electrons. The first kappa shape index (κ1) is 18.6. The molecule has 3 aromatic rings. The summed E-state index contributed by atoms with van der Waals surface area (Å²) in [5.74, 6) is 2.39. The fourth-order valence-electron chi connectivity index (χ4n) is 2.84. The lowest BCUT2D eigenvalue weighted by Crippen LogP contribution is -2.22. The molecule has 0 spiro atoms. The molecular formula is C22H19NO6. The number of furan rings is 1. The Morgan fingerprint density at radius 2 is 1.79 bits per heavy atom. The molecule has 0 saturated heterocycles. The van der Waals surface area contributed by atoms with Crippen molar-refractivity contribution in [2.24, 2.45) is 0 Å². The highest BCUT2D eigenvalue weighted by atomic mass is 16.7. The number of amides is 1. The summed E-state index contributed by atoms with van der Waals surface area (Å²) in [7, 11) is 0. The molecule has 1 aromatic heterocycles. The highest BCUT2D eigenvalue weighted by Gasteiger charge is 2.15. The SMILES string of the molecule is CC(=O)c1ccc(OCc2ccc(C(=O)NCc3ccc4c(c3)OCO4)o2)cc1. The molecule has 7 heteroatoms. The molecular weight excluding hydrogens is 374 g/mol. The third-order valence-corrected chi connectivity index (χ3v) is 4.42. The molecule has 1 amide bonds. The number of hydrogen-bond donors (Lipinski definition) is 1. The molecule has 0 saturated carbocycles. The summed E-state index contributed by atoms with van der Waals surface area (Å²) in [4.78, 5) is 23.6. The van der Waals surface area contributed by atoms with Crippen LogP contribution in [-0.4, -0.2) is 18.5 Å². The number of Topliss-reactive ketones (excluding diaryl/α,β-unsaturated/α-hetero) is 1. The van der Waals surface area contributed by atoms with Crippen LogP contribution >= 0.6 is 0 Å². The Bertz CT molecular complexity index is 1040. The maximum Gasteiger partial charge on any atom is 0.287 e. The van der Waals surface area contributed by atoms with Crippen molar-refractivity contribution < 1.29 is 28.2 Å². The molecule has 0 unspecified atom stereocenters. The number of benzene rings is 2. The molecule has 1 aliphatic heterocycles. The molecule has 2 aromatic carbocycles. The van der Waals surface area contributed by atoms with E-state index in [2.05, 4.69) is 5.32 Å². The minimum atomic E-state index is -0.320. The zero-order valence-electron chi connectivity index (χ0n) is 15.8. The molecule has 1 aliphatic rings. The smallest absolute Gasteiger partial charge is 0.287 e. The molecule has 148 valence electrons. The summed E-state index contributed by atoms with van der Waals surface area (Å²) in [6, 6.07) is 15.7. The average molecular weight is 393 g/mol. The van der Waals surface area contributed by atoms with Crippen molar-refractivity contribution in [2.45, 2.75) is 20.1 Å². The van der Waals surface area contributed by atoms with Crippen LogP contribution in [0, 0.1) is 0 Å². The predicted octanol–water partition coefficient (Wildman–Crippen LogP) is 3.72. The standard InChI is InChI=1S/C22H19NO6/c1-14(24)16-3-5-17(6-4-16)26-12-18-7-9-20(29-18)22(25)23-11-15-2-8-19-21(10-15)28-13-27-19/h2-10H,11-13H2,1H3,(H,23,25). The number of carbonyl (C=O) groups is 2. The Morgan fingerprint density at radius 1 is 1.00 bits per heavy atom. The van der Waals surface area contributed by atoms with Gasteiger partial charge in [0.15, 0.2) is 23.0 Å². The number of fused-ring (bicyclic) bond motifs is 1. The van der Waals surface area contributed by atoms with Gasteiger partial charge < -0.3 is 23.9 Å². The Kier molecular flexibility index (Phi) is 5.20. The topological polar surface area (TPSA) is 87.0 Å². The van der Waals surface area contributed by atoms with Crippen molar-refractivity contribution in [1.29, 1.82) is 0 Å². The monoisotopic (exact) mass is 393 g/mol. The van der Waals surface area contributed by atoms with Crippen LogP contribution in [0.3, 0.4) is 0 Å². The number of nitrogens with one attached hydrogen (secondary N) is 1. The summed E-state index contributed by atoms with van der Waals surface area (Å²) < 4.78 is 21.8. The number of ketones is 1. The van der Waals surface area contributed by atoms with E-state index in [1.807, 2.05) is 18.2 Å². The van der Waals surface area contributed by atoms with E-state index in [0.29, 0.717) is 35.1 Å². The van der Waals surface area contributed by atoms with Gasteiger partial charge in [-0.1, -0.05) is 6.07 Å².